The molecule has 1 aromatic carbocycles. The van der Waals surface area contributed by atoms with E-state index in [-0.39, 0.29) is 0 Å². The van der Waals surface area contributed by atoms with E-state index < -0.39 is 0 Å². The number of pyridine rings is 1. The topological polar surface area (TPSA) is 34.1 Å². The van der Waals surface area contributed by atoms with Gasteiger partial charge in [0.25, 0.3) is 0 Å². The summed E-state index contributed by atoms with van der Waals surface area (Å²) in [5.74, 6) is 0.660. The van der Waals surface area contributed by atoms with Crippen LogP contribution in [0.3, 0.4) is 0 Å². The van der Waals surface area contributed by atoms with Crippen LogP contribution in [0.5, 0.6) is 5.88 Å². The third-order valence-electron chi connectivity index (χ3n) is 3.83. The van der Waals surface area contributed by atoms with Gasteiger partial charge >= 0.3 is 0 Å². The molecule has 20 heavy (non-hydrogen) atoms. The summed E-state index contributed by atoms with van der Waals surface area (Å²) in [4.78, 5) is 4.21. The minimum absolute atomic E-state index is 0.660. The number of methoxy groups -OCH3 is 1. The molecule has 0 unspecified atom stereocenters. The minimum Gasteiger partial charge on any atom is -0.481 e. The second-order valence-electron chi connectivity index (χ2n) is 5.27. The predicted molar refractivity (Wildman–Crippen MR) is 79.8 cm³/mol. The summed E-state index contributed by atoms with van der Waals surface area (Å²) in [6, 6.07) is 10.8. The quantitative estimate of drug-likeness (QED) is 0.905. The van der Waals surface area contributed by atoms with Crippen molar-refractivity contribution in [2.45, 2.75) is 32.4 Å². The molecule has 1 aliphatic rings. The number of aromatic nitrogens is 1. The molecular formula is C17H20N2O. The average Bonchev–Trinajstić information content (AvgIpc) is 2.95. The summed E-state index contributed by atoms with van der Waals surface area (Å²) < 4.78 is 5.05. The van der Waals surface area contributed by atoms with E-state index in [1.54, 1.807) is 7.11 Å². The highest BCUT2D eigenvalue weighted by Gasteiger charge is 2.10. The van der Waals surface area contributed by atoms with Gasteiger partial charge in [0.1, 0.15) is 0 Å². The summed E-state index contributed by atoms with van der Waals surface area (Å²) >= 11 is 0. The minimum atomic E-state index is 0.660. The maximum atomic E-state index is 5.05. The second kappa shape index (κ2) is 6.06. The van der Waals surface area contributed by atoms with E-state index in [9.17, 15) is 0 Å². The van der Waals surface area contributed by atoms with Crippen molar-refractivity contribution in [3.63, 3.8) is 0 Å². The SMILES string of the molecule is COc1ccc(CNCc2ccc3c(c2)CCC3)cn1. The Kier molecular flexibility index (Phi) is 3.97. The molecule has 1 aromatic heterocycles. The standard InChI is InChI=1S/C17H20N2O/c1-20-17-8-6-14(12-19-17)11-18-10-13-5-7-15-3-2-4-16(15)9-13/h5-9,12,18H,2-4,10-11H2,1H3. The normalized spacial score (nSPS) is 13.2. The maximum absolute atomic E-state index is 5.05. The number of hydrogen-bond donors (Lipinski definition) is 1. The molecule has 0 bridgehead atoms. The number of nitrogens with zero attached hydrogens (tertiary/aromatic N) is 1. The molecule has 0 aliphatic heterocycles. The summed E-state index contributed by atoms with van der Waals surface area (Å²) in [5.41, 5.74) is 5.61. The van der Waals surface area contributed by atoms with Crippen molar-refractivity contribution in [2.75, 3.05) is 7.11 Å². The molecule has 3 rings (SSSR count). The van der Waals surface area contributed by atoms with Crippen molar-refractivity contribution in [3.8, 4) is 5.88 Å². The first-order valence-electron chi connectivity index (χ1n) is 7.15. The van der Waals surface area contributed by atoms with E-state index in [0.717, 1.165) is 13.1 Å². The van der Waals surface area contributed by atoms with Crippen LogP contribution < -0.4 is 10.1 Å². The van der Waals surface area contributed by atoms with Crippen LogP contribution in [0.2, 0.25) is 0 Å². The van der Waals surface area contributed by atoms with Gasteiger partial charge in [0.15, 0.2) is 0 Å². The van der Waals surface area contributed by atoms with Crippen LogP contribution >= 0.6 is 0 Å². The Morgan fingerprint density at radius 1 is 1.05 bits per heavy atom. The van der Waals surface area contributed by atoms with Gasteiger partial charge in [-0.25, -0.2) is 4.98 Å². The van der Waals surface area contributed by atoms with E-state index in [1.807, 2.05) is 18.3 Å². The first-order chi connectivity index (χ1) is 9.85. The van der Waals surface area contributed by atoms with Crippen molar-refractivity contribution in [3.05, 3.63) is 58.8 Å². The zero-order chi connectivity index (χ0) is 13.8. The molecular weight excluding hydrogens is 248 g/mol. The van der Waals surface area contributed by atoms with Crippen LogP contribution in [0.15, 0.2) is 36.5 Å². The fourth-order valence-corrected chi connectivity index (χ4v) is 2.72. The number of hydrogen-bond acceptors (Lipinski definition) is 3. The van der Waals surface area contributed by atoms with Gasteiger partial charge in [0.2, 0.25) is 5.88 Å². The van der Waals surface area contributed by atoms with E-state index in [0.29, 0.717) is 5.88 Å². The molecule has 3 heteroatoms. The lowest BCUT2D eigenvalue weighted by atomic mass is 10.1. The molecule has 104 valence electrons. The molecule has 0 amide bonds. The molecule has 1 aliphatic carbocycles. The smallest absolute Gasteiger partial charge is 0.212 e. The first-order valence-corrected chi connectivity index (χ1v) is 7.15. The number of benzene rings is 1. The molecule has 0 spiro atoms. The molecule has 0 saturated carbocycles. The van der Waals surface area contributed by atoms with Crippen LogP contribution in [0.25, 0.3) is 0 Å². The Morgan fingerprint density at radius 3 is 2.65 bits per heavy atom. The van der Waals surface area contributed by atoms with Crippen LogP contribution in [-0.2, 0) is 25.9 Å². The van der Waals surface area contributed by atoms with E-state index in [4.69, 9.17) is 4.74 Å². The molecule has 0 saturated heterocycles. The Labute approximate surface area is 120 Å². The van der Waals surface area contributed by atoms with Gasteiger partial charge in [-0.3, -0.25) is 0 Å². The monoisotopic (exact) mass is 268 g/mol. The number of fused-ring (bicyclic) bond motifs is 1. The van der Waals surface area contributed by atoms with Crippen molar-refractivity contribution in [1.82, 2.24) is 10.3 Å². The Bertz CT molecular complexity index is 578. The highest BCUT2D eigenvalue weighted by molar-refractivity contribution is 5.35. The van der Waals surface area contributed by atoms with E-state index >= 15 is 0 Å². The van der Waals surface area contributed by atoms with Gasteiger partial charge in [0, 0.05) is 25.4 Å². The largest absolute Gasteiger partial charge is 0.481 e. The second-order valence-corrected chi connectivity index (χ2v) is 5.27. The van der Waals surface area contributed by atoms with E-state index in [2.05, 4.69) is 28.5 Å². The fourth-order valence-electron chi connectivity index (χ4n) is 2.72. The number of aryl methyl sites for hydroxylation is 2. The number of ether oxygens (including phenoxy) is 1. The highest BCUT2D eigenvalue weighted by Crippen LogP contribution is 2.22. The highest BCUT2D eigenvalue weighted by atomic mass is 16.5. The van der Waals surface area contributed by atoms with E-state index in [1.165, 1.54) is 41.5 Å². The van der Waals surface area contributed by atoms with Crippen molar-refractivity contribution >= 4 is 0 Å². The Morgan fingerprint density at radius 2 is 1.85 bits per heavy atom. The van der Waals surface area contributed by atoms with Crippen molar-refractivity contribution in [1.29, 1.82) is 0 Å². The third kappa shape index (κ3) is 2.99. The number of nitrogens with one attached hydrogen (secondary N) is 1. The molecule has 1 N–H and O–H groups in total. The lowest BCUT2D eigenvalue weighted by Gasteiger charge is -2.07. The van der Waals surface area contributed by atoms with Gasteiger partial charge < -0.3 is 10.1 Å². The fraction of sp³-hybridized carbons (Fsp3) is 0.353. The third-order valence-corrected chi connectivity index (χ3v) is 3.83. The molecule has 0 atom stereocenters. The summed E-state index contributed by atoms with van der Waals surface area (Å²) in [7, 11) is 1.63. The zero-order valence-electron chi connectivity index (χ0n) is 11.9. The van der Waals surface area contributed by atoms with Gasteiger partial charge in [-0.1, -0.05) is 24.3 Å². The Balaban J connectivity index is 1.54. The van der Waals surface area contributed by atoms with Crippen LogP contribution in [-0.4, -0.2) is 12.1 Å². The molecule has 2 aromatic rings. The lowest BCUT2D eigenvalue weighted by molar-refractivity contribution is 0.397. The van der Waals surface area contributed by atoms with Gasteiger partial charge in [-0.05, 0) is 41.5 Å². The first kappa shape index (κ1) is 13.1. The van der Waals surface area contributed by atoms with Crippen LogP contribution in [0.1, 0.15) is 28.7 Å². The molecule has 3 nitrogen and oxygen atoms in total. The van der Waals surface area contributed by atoms with Crippen molar-refractivity contribution in [2.24, 2.45) is 0 Å². The Hall–Kier alpha value is -1.87. The van der Waals surface area contributed by atoms with Crippen LogP contribution in [0, 0.1) is 0 Å². The summed E-state index contributed by atoms with van der Waals surface area (Å²) in [6.07, 6.45) is 5.66. The summed E-state index contributed by atoms with van der Waals surface area (Å²) in [6.45, 7) is 1.73. The van der Waals surface area contributed by atoms with Gasteiger partial charge in [-0.15, -0.1) is 0 Å². The number of rotatable bonds is 5. The lowest BCUT2D eigenvalue weighted by Crippen LogP contribution is -2.13. The molecule has 1 heterocycles. The van der Waals surface area contributed by atoms with Crippen molar-refractivity contribution < 1.29 is 4.74 Å². The maximum Gasteiger partial charge on any atom is 0.212 e. The van der Waals surface area contributed by atoms with Crippen LogP contribution in [0.4, 0.5) is 0 Å². The molecule has 0 radical (unpaired) electrons. The molecule has 0 fully saturated rings. The predicted octanol–water partition coefficient (Wildman–Crippen LogP) is 2.87. The average molecular weight is 268 g/mol. The van der Waals surface area contributed by atoms with Gasteiger partial charge in [0.05, 0.1) is 7.11 Å². The summed E-state index contributed by atoms with van der Waals surface area (Å²) in [5, 5.41) is 3.47. The zero-order valence-corrected chi connectivity index (χ0v) is 11.9. The van der Waals surface area contributed by atoms with Gasteiger partial charge in [-0.2, -0.15) is 0 Å².